The van der Waals surface area contributed by atoms with Crippen LogP contribution in [0.3, 0.4) is 0 Å². The first kappa shape index (κ1) is 19.0. The predicted molar refractivity (Wildman–Crippen MR) is 104 cm³/mol. The van der Waals surface area contributed by atoms with Gasteiger partial charge in [0, 0.05) is 18.4 Å². The Balaban J connectivity index is 1.51. The van der Waals surface area contributed by atoms with Crippen molar-refractivity contribution in [1.82, 2.24) is 15.1 Å². The van der Waals surface area contributed by atoms with Crippen LogP contribution in [0.4, 0.5) is 11.4 Å². The van der Waals surface area contributed by atoms with Crippen LogP contribution in [0.15, 0.2) is 29.2 Å². The highest BCUT2D eigenvalue weighted by Gasteiger charge is 2.28. The number of rotatable bonds is 5. The van der Waals surface area contributed by atoms with Gasteiger partial charge >= 0.3 is 0 Å². The summed E-state index contributed by atoms with van der Waals surface area (Å²) in [6.45, 7) is 3.49. The maximum absolute atomic E-state index is 12.2. The van der Waals surface area contributed by atoms with Crippen LogP contribution < -0.4 is 16.0 Å². The summed E-state index contributed by atoms with van der Waals surface area (Å²) in [6.07, 6.45) is 0.00304. The van der Waals surface area contributed by atoms with E-state index < -0.39 is 5.25 Å². The Morgan fingerprint density at radius 3 is 2.70 bits per heavy atom. The van der Waals surface area contributed by atoms with Crippen LogP contribution in [-0.4, -0.2) is 39.3 Å². The summed E-state index contributed by atoms with van der Waals surface area (Å²) in [4.78, 5) is 37.3. The zero-order valence-electron chi connectivity index (χ0n) is 15.3. The van der Waals surface area contributed by atoms with Gasteiger partial charge in [-0.3, -0.25) is 19.1 Å². The molecule has 0 saturated carbocycles. The van der Waals surface area contributed by atoms with Crippen molar-refractivity contribution in [2.24, 2.45) is 7.05 Å². The lowest BCUT2D eigenvalue weighted by Crippen LogP contribution is -2.38. The molecule has 1 aliphatic heterocycles. The van der Waals surface area contributed by atoms with Crippen molar-refractivity contribution in [2.45, 2.75) is 30.4 Å². The second kappa shape index (κ2) is 7.83. The number of hydrogen-bond donors (Lipinski definition) is 3. The van der Waals surface area contributed by atoms with Crippen molar-refractivity contribution in [3.05, 3.63) is 35.7 Å². The van der Waals surface area contributed by atoms with E-state index in [-0.39, 0.29) is 30.7 Å². The zero-order chi connectivity index (χ0) is 19.6. The maximum Gasteiger partial charge on any atom is 0.243 e. The molecule has 9 heteroatoms. The molecule has 0 radical (unpaired) electrons. The SMILES string of the molecule is Cc1nn(C)c(C)c1NC(=O)CNC(=O)C[C@@H]1Sc2ccccc2NC1=O. The molecule has 0 bridgehead atoms. The number of fused-ring (bicyclic) bond motifs is 1. The largest absolute Gasteiger partial charge is 0.347 e. The third-order valence-electron chi connectivity index (χ3n) is 4.30. The molecule has 3 N–H and O–H groups in total. The number of hydrogen-bond acceptors (Lipinski definition) is 5. The first-order valence-corrected chi connectivity index (χ1v) is 9.36. The van der Waals surface area contributed by atoms with Gasteiger partial charge < -0.3 is 16.0 Å². The van der Waals surface area contributed by atoms with Gasteiger partial charge in [0.25, 0.3) is 0 Å². The third kappa shape index (κ3) is 4.30. The minimum absolute atomic E-state index is 0.00304. The van der Waals surface area contributed by atoms with Crippen LogP contribution in [-0.2, 0) is 21.4 Å². The zero-order valence-corrected chi connectivity index (χ0v) is 16.1. The minimum atomic E-state index is -0.522. The highest BCUT2D eigenvalue weighted by Crippen LogP contribution is 2.36. The van der Waals surface area contributed by atoms with Crippen LogP contribution in [0.5, 0.6) is 0 Å². The summed E-state index contributed by atoms with van der Waals surface area (Å²) in [5.74, 6) is -0.898. The van der Waals surface area contributed by atoms with Crippen molar-refractivity contribution < 1.29 is 14.4 Å². The Labute approximate surface area is 161 Å². The fourth-order valence-corrected chi connectivity index (χ4v) is 3.89. The van der Waals surface area contributed by atoms with Crippen LogP contribution in [0.2, 0.25) is 0 Å². The summed E-state index contributed by atoms with van der Waals surface area (Å²) in [5.41, 5.74) is 2.95. The average Bonchev–Trinajstić information content (AvgIpc) is 2.87. The Morgan fingerprint density at radius 1 is 1.26 bits per heavy atom. The smallest absolute Gasteiger partial charge is 0.243 e. The van der Waals surface area contributed by atoms with E-state index in [0.29, 0.717) is 11.4 Å². The van der Waals surface area contributed by atoms with Gasteiger partial charge in [0.15, 0.2) is 0 Å². The molecule has 1 aromatic heterocycles. The molecule has 27 heavy (non-hydrogen) atoms. The second-order valence-corrected chi connectivity index (χ2v) is 7.53. The van der Waals surface area contributed by atoms with E-state index in [2.05, 4.69) is 21.0 Å². The number of thioether (sulfide) groups is 1. The second-order valence-electron chi connectivity index (χ2n) is 6.29. The van der Waals surface area contributed by atoms with E-state index >= 15 is 0 Å². The van der Waals surface area contributed by atoms with Crippen LogP contribution in [0.25, 0.3) is 0 Å². The number of para-hydroxylation sites is 1. The molecule has 0 fully saturated rings. The quantitative estimate of drug-likeness (QED) is 0.723. The number of aromatic nitrogens is 2. The topological polar surface area (TPSA) is 105 Å². The van der Waals surface area contributed by atoms with E-state index in [1.165, 1.54) is 11.8 Å². The van der Waals surface area contributed by atoms with Gasteiger partial charge in [-0.1, -0.05) is 12.1 Å². The van der Waals surface area contributed by atoms with Crippen LogP contribution in [0, 0.1) is 13.8 Å². The van der Waals surface area contributed by atoms with Gasteiger partial charge in [-0.15, -0.1) is 11.8 Å². The molecule has 0 aliphatic carbocycles. The summed E-state index contributed by atoms with van der Waals surface area (Å²) in [7, 11) is 1.80. The van der Waals surface area contributed by atoms with Crippen LogP contribution >= 0.6 is 11.8 Å². The van der Waals surface area contributed by atoms with Gasteiger partial charge in [0.05, 0.1) is 34.6 Å². The Bertz CT molecular complexity index is 908. The molecule has 0 spiro atoms. The summed E-state index contributed by atoms with van der Waals surface area (Å²) >= 11 is 1.35. The van der Waals surface area contributed by atoms with E-state index in [0.717, 1.165) is 16.3 Å². The normalized spacial score (nSPS) is 15.7. The van der Waals surface area contributed by atoms with Gasteiger partial charge in [0.1, 0.15) is 0 Å². The van der Waals surface area contributed by atoms with Crippen molar-refractivity contribution in [1.29, 1.82) is 0 Å². The lowest BCUT2D eigenvalue weighted by Gasteiger charge is -2.23. The molecule has 2 aromatic rings. The first-order valence-electron chi connectivity index (χ1n) is 8.48. The number of aryl methyl sites for hydroxylation is 2. The molecule has 8 nitrogen and oxygen atoms in total. The van der Waals surface area contributed by atoms with Crippen molar-refractivity contribution in [2.75, 3.05) is 17.2 Å². The van der Waals surface area contributed by atoms with E-state index in [4.69, 9.17) is 0 Å². The number of benzene rings is 1. The van der Waals surface area contributed by atoms with Gasteiger partial charge in [-0.25, -0.2) is 0 Å². The summed E-state index contributed by atoms with van der Waals surface area (Å²) < 4.78 is 1.68. The van der Waals surface area contributed by atoms with Crippen LogP contribution in [0.1, 0.15) is 17.8 Å². The summed E-state index contributed by atoms with van der Waals surface area (Å²) in [6, 6.07) is 7.45. The summed E-state index contributed by atoms with van der Waals surface area (Å²) in [5, 5.41) is 11.8. The van der Waals surface area contributed by atoms with Gasteiger partial charge in [-0.05, 0) is 26.0 Å². The third-order valence-corrected chi connectivity index (χ3v) is 5.57. The number of anilines is 2. The van der Waals surface area contributed by atoms with Gasteiger partial charge in [0.2, 0.25) is 17.7 Å². The molecule has 0 saturated heterocycles. The molecule has 3 rings (SSSR count). The molecule has 2 heterocycles. The fraction of sp³-hybridized carbons (Fsp3) is 0.333. The van der Waals surface area contributed by atoms with Crippen molar-refractivity contribution >= 4 is 40.9 Å². The molecule has 1 atom stereocenters. The number of amides is 3. The molecule has 1 aromatic carbocycles. The number of carbonyl (C=O) groups excluding carboxylic acids is 3. The van der Waals surface area contributed by atoms with Crippen molar-refractivity contribution in [3.8, 4) is 0 Å². The Hall–Kier alpha value is -2.81. The minimum Gasteiger partial charge on any atom is -0.347 e. The van der Waals surface area contributed by atoms with Gasteiger partial charge in [-0.2, -0.15) is 5.10 Å². The maximum atomic E-state index is 12.2. The van der Waals surface area contributed by atoms with Crippen molar-refractivity contribution in [3.63, 3.8) is 0 Å². The Morgan fingerprint density at radius 2 is 2.00 bits per heavy atom. The lowest BCUT2D eigenvalue weighted by molar-refractivity contribution is -0.125. The van der Waals surface area contributed by atoms with E-state index in [1.807, 2.05) is 31.2 Å². The molecule has 0 unspecified atom stereocenters. The fourth-order valence-electron chi connectivity index (χ4n) is 2.78. The highest BCUT2D eigenvalue weighted by atomic mass is 32.2. The molecule has 142 valence electrons. The molecular weight excluding hydrogens is 366 g/mol. The predicted octanol–water partition coefficient (Wildman–Crippen LogP) is 1.59. The number of nitrogens with one attached hydrogen (secondary N) is 3. The molecule has 3 amide bonds. The molecular formula is C18H21N5O3S. The van der Waals surface area contributed by atoms with E-state index in [1.54, 1.807) is 18.7 Å². The monoisotopic (exact) mass is 387 g/mol. The Kier molecular flexibility index (Phi) is 5.50. The van der Waals surface area contributed by atoms with E-state index in [9.17, 15) is 14.4 Å². The first-order chi connectivity index (χ1) is 12.8. The lowest BCUT2D eigenvalue weighted by atomic mass is 10.2. The highest BCUT2D eigenvalue weighted by molar-refractivity contribution is 8.01. The molecule has 1 aliphatic rings. The average molecular weight is 387 g/mol. The number of carbonyl (C=O) groups is 3. The number of nitrogens with zero attached hydrogens (tertiary/aromatic N) is 2. The standard InChI is InChI=1S/C18H21N5O3S/c1-10-17(11(2)23(3)22-10)21-16(25)9-19-15(24)8-14-18(26)20-12-6-4-5-7-13(12)27-14/h4-7,14H,8-9H2,1-3H3,(H,19,24)(H,20,26)(H,21,25)/t14-/m0/s1.